The molecule has 1 aromatic carbocycles. The summed E-state index contributed by atoms with van der Waals surface area (Å²) in [6.45, 7) is 6.77. The smallest absolute Gasteiger partial charge is 0.0402 e. The highest BCUT2D eigenvalue weighted by Gasteiger charge is 2.29. The van der Waals surface area contributed by atoms with Gasteiger partial charge in [0.15, 0.2) is 0 Å². The maximum atomic E-state index is 2.37. The van der Waals surface area contributed by atoms with Gasteiger partial charge in [0.25, 0.3) is 0 Å². The van der Waals surface area contributed by atoms with Crippen molar-refractivity contribution in [2.24, 2.45) is 0 Å². The fourth-order valence-corrected chi connectivity index (χ4v) is 2.17. The molecule has 2 rings (SSSR count). The minimum absolute atomic E-state index is 0.636. The summed E-state index contributed by atoms with van der Waals surface area (Å²) in [4.78, 5) is 2.37. The van der Waals surface area contributed by atoms with Crippen molar-refractivity contribution in [3.63, 3.8) is 0 Å². The highest BCUT2D eigenvalue weighted by atomic mass is 15.2. The molecule has 1 aliphatic heterocycles. The number of rotatable bonds is 0. The average molecular weight is 175 g/mol. The zero-order chi connectivity index (χ0) is 9.59. The number of hydrogen-bond acceptors (Lipinski definition) is 1. The van der Waals surface area contributed by atoms with Gasteiger partial charge in [-0.1, -0.05) is 24.6 Å². The quantitative estimate of drug-likeness (QED) is 0.586. The Morgan fingerprint density at radius 2 is 1.92 bits per heavy atom. The minimum Gasteiger partial charge on any atom is -0.371 e. The van der Waals surface area contributed by atoms with E-state index in [1.54, 1.807) is 0 Å². The Bertz CT molecular complexity index is 330. The summed E-state index contributed by atoms with van der Waals surface area (Å²) in [5.74, 6) is 0.667. The SMILES string of the molecule is Cc1ccc2c(c1)C(C)C(C)N2C. The van der Waals surface area contributed by atoms with Crippen LogP contribution < -0.4 is 4.90 Å². The molecular formula is C12H17N. The van der Waals surface area contributed by atoms with Gasteiger partial charge < -0.3 is 4.90 Å². The standard InChI is InChI=1S/C12H17N/c1-8-5-6-12-11(7-8)9(2)10(3)13(12)4/h5-7,9-10H,1-4H3. The first-order valence-electron chi connectivity index (χ1n) is 4.94. The Morgan fingerprint density at radius 3 is 2.62 bits per heavy atom. The Labute approximate surface area is 80.4 Å². The summed E-state index contributed by atoms with van der Waals surface area (Å²) >= 11 is 0. The number of anilines is 1. The van der Waals surface area contributed by atoms with Gasteiger partial charge in [0, 0.05) is 24.7 Å². The van der Waals surface area contributed by atoms with Crippen LogP contribution in [-0.2, 0) is 0 Å². The summed E-state index contributed by atoms with van der Waals surface area (Å²) in [6.07, 6.45) is 0. The number of likely N-dealkylation sites (N-methyl/N-ethyl adjacent to an activating group) is 1. The molecular weight excluding hydrogens is 158 g/mol. The van der Waals surface area contributed by atoms with E-state index < -0.39 is 0 Å². The molecule has 1 nitrogen and oxygen atoms in total. The van der Waals surface area contributed by atoms with Gasteiger partial charge in [-0.3, -0.25) is 0 Å². The Hall–Kier alpha value is -0.980. The molecule has 0 bridgehead atoms. The monoisotopic (exact) mass is 175 g/mol. The lowest BCUT2D eigenvalue weighted by atomic mass is 9.97. The Morgan fingerprint density at radius 1 is 1.23 bits per heavy atom. The molecule has 0 radical (unpaired) electrons. The average Bonchev–Trinajstić information content (AvgIpc) is 2.32. The maximum Gasteiger partial charge on any atom is 0.0402 e. The van der Waals surface area contributed by atoms with Crippen LogP contribution in [0, 0.1) is 6.92 Å². The topological polar surface area (TPSA) is 3.24 Å². The van der Waals surface area contributed by atoms with E-state index in [1.807, 2.05) is 0 Å². The molecule has 2 unspecified atom stereocenters. The van der Waals surface area contributed by atoms with Crippen molar-refractivity contribution >= 4 is 5.69 Å². The normalized spacial score (nSPS) is 26.3. The molecule has 0 N–H and O–H groups in total. The van der Waals surface area contributed by atoms with Gasteiger partial charge >= 0.3 is 0 Å². The van der Waals surface area contributed by atoms with E-state index in [2.05, 4.69) is 50.9 Å². The molecule has 0 spiro atoms. The predicted octanol–water partition coefficient (Wildman–Crippen LogP) is 2.94. The van der Waals surface area contributed by atoms with E-state index in [4.69, 9.17) is 0 Å². The lowest BCUT2D eigenvalue weighted by Gasteiger charge is -2.20. The van der Waals surface area contributed by atoms with E-state index >= 15 is 0 Å². The fourth-order valence-electron chi connectivity index (χ4n) is 2.17. The fraction of sp³-hybridized carbons (Fsp3) is 0.500. The molecule has 0 aromatic heterocycles. The zero-order valence-electron chi connectivity index (χ0n) is 8.83. The van der Waals surface area contributed by atoms with Crippen LogP contribution in [0.1, 0.15) is 30.9 Å². The number of fused-ring (bicyclic) bond motifs is 1. The van der Waals surface area contributed by atoms with Gasteiger partial charge in [0.1, 0.15) is 0 Å². The molecule has 0 aliphatic carbocycles. The van der Waals surface area contributed by atoms with Crippen molar-refractivity contribution in [1.29, 1.82) is 0 Å². The van der Waals surface area contributed by atoms with Crippen LogP contribution in [-0.4, -0.2) is 13.1 Å². The second kappa shape index (κ2) is 2.76. The van der Waals surface area contributed by atoms with E-state index in [9.17, 15) is 0 Å². The molecule has 2 atom stereocenters. The lowest BCUT2D eigenvalue weighted by molar-refractivity contribution is 0.626. The summed E-state index contributed by atoms with van der Waals surface area (Å²) in [6, 6.07) is 7.39. The first-order chi connectivity index (χ1) is 6.11. The summed E-state index contributed by atoms with van der Waals surface area (Å²) in [7, 11) is 2.18. The van der Waals surface area contributed by atoms with Crippen LogP contribution in [0.15, 0.2) is 18.2 Å². The third kappa shape index (κ3) is 1.14. The molecule has 70 valence electrons. The zero-order valence-corrected chi connectivity index (χ0v) is 8.83. The molecule has 1 heteroatoms. The Balaban J connectivity index is 2.54. The third-order valence-corrected chi connectivity index (χ3v) is 3.39. The molecule has 13 heavy (non-hydrogen) atoms. The van der Waals surface area contributed by atoms with E-state index in [0.717, 1.165) is 0 Å². The number of benzene rings is 1. The van der Waals surface area contributed by atoms with Crippen LogP contribution in [0.25, 0.3) is 0 Å². The van der Waals surface area contributed by atoms with E-state index in [1.165, 1.54) is 16.8 Å². The summed E-state index contributed by atoms with van der Waals surface area (Å²) in [5.41, 5.74) is 4.29. The maximum absolute atomic E-state index is 2.37. The summed E-state index contributed by atoms with van der Waals surface area (Å²) in [5, 5.41) is 0. The van der Waals surface area contributed by atoms with Crippen LogP contribution in [0.3, 0.4) is 0 Å². The van der Waals surface area contributed by atoms with Crippen molar-refractivity contribution in [1.82, 2.24) is 0 Å². The second-order valence-electron chi connectivity index (χ2n) is 4.20. The molecule has 1 aromatic rings. The van der Waals surface area contributed by atoms with Crippen molar-refractivity contribution in [3.8, 4) is 0 Å². The number of nitrogens with zero attached hydrogens (tertiary/aromatic N) is 1. The molecule has 0 saturated heterocycles. The van der Waals surface area contributed by atoms with Gasteiger partial charge in [-0.05, 0) is 25.5 Å². The van der Waals surface area contributed by atoms with E-state index in [0.29, 0.717) is 12.0 Å². The van der Waals surface area contributed by atoms with Crippen LogP contribution in [0.2, 0.25) is 0 Å². The largest absolute Gasteiger partial charge is 0.371 e. The van der Waals surface area contributed by atoms with Gasteiger partial charge in [-0.2, -0.15) is 0 Å². The van der Waals surface area contributed by atoms with E-state index in [-0.39, 0.29) is 0 Å². The third-order valence-electron chi connectivity index (χ3n) is 3.39. The van der Waals surface area contributed by atoms with Crippen LogP contribution in [0.5, 0.6) is 0 Å². The van der Waals surface area contributed by atoms with Crippen LogP contribution in [0.4, 0.5) is 5.69 Å². The van der Waals surface area contributed by atoms with Crippen molar-refractivity contribution < 1.29 is 0 Å². The van der Waals surface area contributed by atoms with Crippen molar-refractivity contribution in [2.45, 2.75) is 32.7 Å². The van der Waals surface area contributed by atoms with Crippen molar-refractivity contribution in [3.05, 3.63) is 29.3 Å². The Kier molecular flexibility index (Phi) is 1.83. The highest BCUT2D eigenvalue weighted by Crippen LogP contribution is 2.39. The first kappa shape index (κ1) is 8.61. The van der Waals surface area contributed by atoms with Gasteiger partial charge in [0.2, 0.25) is 0 Å². The van der Waals surface area contributed by atoms with Gasteiger partial charge in [-0.15, -0.1) is 0 Å². The lowest BCUT2D eigenvalue weighted by Crippen LogP contribution is -2.25. The second-order valence-corrected chi connectivity index (χ2v) is 4.20. The van der Waals surface area contributed by atoms with Gasteiger partial charge in [0.05, 0.1) is 0 Å². The predicted molar refractivity (Wildman–Crippen MR) is 57.5 cm³/mol. The summed E-state index contributed by atoms with van der Waals surface area (Å²) < 4.78 is 0. The van der Waals surface area contributed by atoms with Crippen molar-refractivity contribution in [2.75, 3.05) is 11.9 Å². The number of hydrogen-bond donors (Lipinski definition) is 0. The number of aryl methyl sites for hydroxylation is 1. The van der Waals surface area contributed by atoms with Gasteiger partial charge in [-0.25, -0.2) is 0 Å². The molecule has 0 fully saturated rings. The molecule has 0 saturated carbocycles. The molecule has 0 amide bonds. The van der Waals surface area contributed by atoms with Crippen LogP contribution >= 0.6 is 0 Å². The molecule has 1 heterocycles. The first-order valence-corrected chi connectivity index (χ1v) is 4.94. The minimum atomic E-state index is 0.636. The highest BCUT2D eigenvalue weighted by molar-refractivity contribution is 5.61. The molecule has 1 aliphatic rings.